The summed E-state index contributed by atoms with van der Waals surface area (Å²) in [6.45, 7) is 5.37. The van der Waals surface area contributed by atoms with Gasteiger partial charge in [-0.3, -0.25) is 24.8 Å². The average Bonchev–Trinajstić information content (AvgIpc) is 3.88. The predicted molar refractivity (Wildman–Crippen MR) is 185 cm³/mol. The molecule has 1 aromatic carbocycles. The highest BCUT2D eigenvalue weighted by Crippen LogP contribution is 2.33. The van der Waals surface area contributed by atoms with Gasteiger partial charge in [-0.05, 0) is 88.1 Å². The SMILES string of the molecule is O=C(CC1CCNCC1)Nc1cncc(-c2cnc3n[nH]c(-c4nc5c(-c6cc(F)cc(OCCN7CCCC7)c6)nccc5[nH]4)c3c2)c1. The van der Waals surface area contributed by atoms with E-state index in [1.165, 1.54) is 25.0 Å². The van der Waals surface area contributed by atoms with Crippen LogP contribution in [-0.4, -0.2) is 85.3 Å². The molecule has 0 spiro atoms. The van der Waals surface area contributed by atoms with Gasteiger partial charge in [0, 0.05) is 54.3 Å². The standard InChI is InChI=1S/C36H37FN10O2/c37-26-14-23(16-28(18-26)49-12-11-47-9-1-2-10-47)32-34-30(5-8-40-32)43-36(44-34)33-29-17-25(20-41-35(29)46-45-33)24-15-27(21-39-19-24)42-31(48)13-22-3-6-38-7-4-22/h5,8,14-22,38H,1-4,6-7,9-13H2,(H,42,48)(H,43,44)(H,41,45,46). The van der Waals surface area contributed by atoms with E-state index in [1.807, 2.05) is 24.3 Å². The lowest BCUT2D eigenvalue weighted by molar-refractivity contribution is -0.117. The Balaban J connectivity index is 1.05. The molecule has 0 radical (unpaired) electrons. The van der Waals surface area contributed by atoms with Gasteiger partial charge in [-0.15, -0.1) is 0 Å². The Bertz CT molecular complexity index is 2120. The van der Waals surface area contributed by atoms with Crippen molar-refractivity contribution in [2.24, 2.45) is 5.92 Å². The first-order valence-corrected chi connectivity index (χ1v) is 16.9. The summed E-state index contributed by atoms with van der Waals surface area (Å²) >= 11 is 0. The lowest BCUT2D eigenvalue weighted by Gasteiger charge is -2.21. The van der Waals surface area contributed by atoms with Crippen LogP contribution in [0.1, 0.15) is 32.1 Å². The zero-order valence-corrected chi connectivity index (χ0v) is 27.0. The molecule has 12 nitrogen and oxygen atoms in total. The van der Waals surface area contributed by atoms with E-state index in [4.69, 9.17) is 9.72 Å². The zero-order chi connectivity index (χ0) is 33.2. The molecule has 2 aliphatic rings. The number of piperidine rings is 1. The van der Waals surface area contributed by atoms with Gasteiger partial charge in [0.25, 0.3) is 0 Å². The van der Waals surface area contributed by atoms with Crippen LogP contribution in [0.2, 0.25) is 0 Å². The van der Waals surface area contributed by atoms with Crippen LogP contribution in [0.15, 0.2) is 61.2 Å². The van der Waals surface area contributed by atoms with Crippen LogP contribution >= 0.6 is 0 Å². The maximum Gasteiger partial charge on any atom is 0.224 e. The fourth-order valence-electron chi connectivity index (χ4n) is 6.81. The number of rotatable bonds is 10. The smallest absolute Gasteiger partial charge is 0.224 e. The molecule has 2 aliphatic heterocycles. The van der Waals surface area contributed by atoms with Gasteiger partial charge in [0.2, 0.25) is 5.91 Å². The van der Waals surface area contributed by atoms with E-state index in [9.17, 15) is 9.18 Å². The minimum Gasteiger partial charge on any atom is -0.492 e. The van der Waals surface area contributed by atoms with E-state index in [2.05, 4.69) is 45.7 Å². The third kappa shape index (κ3) is 6.85. The molecule has 2 fully saturated rings. The molecule has 0 unspecified atom stereocenters. The first-order chi connectivity index (χ1) is 24.1. The number of fused-ring (bicyclic) bond motifs is 2. The molecule has 49 heavy (non-hydrogen) atoms. The molecular formula is C36H37FN10O2. The van der Waals surface area contributed by atoms with Crippen molar-refractivity contribution in [3.8, 4) is 39.7 Å². The van der Waals surface area contributed by atoms with Crippen molar-refractivity contribution in [3.05, 3.63) is 67.0 Å². The van der Waals surface area contributed by atoms with Gasteiger partial charge in [0.1, 0.15) is 29.4 Å². The number of pyridine rings is 3. The van der Waals surface area contributed by atoms with E-state index in [1.54, 1.807) is 24.8 Å². The van der Waals surface area contributed by atoms with Crippen LogP contribution in [0.5, 0.6) is 5.75 Å². The molecule has 6 aromatic rings. The van der Waals surface area contributed by atoms with Crippen molar-refractivity contribution < 1.29 is 13.9 Å². The second kappa shape index (κ2) is 13.7. The summed E-state index contributed by atoms with van der Waals surface area (Å²) in [6, 6.07) is 10.4. The zero-order valence-electron chi connectivity index (χ0n) is 27.0. The van der Waals surface area contributed by atoms with Gasteiger partial charge in [-0.25, -0.2) is 14.4 Å². The van der Waals surface area contributed by atoms with E-state index in [-0.39, 0.29) is 5.91 Å². The molecule has 0 bridgehead atoms. The number of amides is 1. The van der Waals surface area contributed by atoms with Crippen LogP contribution in [0, 0.1) is 11.7 Å². The van der Waals surface area contributed by atoms with Crippen LogP contribution in [-0.2, 0) is 4.79 Å². The Morgan fingerprint density at radius 3 is 2.73 bits per heavy atom. The summed E-state index contributed by atoms with van der Waals surface area (Å²) in [4.78, 5) is 36.9. The fraction of sp³-hybridized carbons (Fsp3) is 0.333. The highest BCUT2D eigenvalue weighted by molar-refractivity contribution is 5.96. The molecule has 250 valence electrons. The highest BCUT2D eigenvalue weighted by atomic mass is 19.1. The van der Waals surface area contributed by atoms with Gasteiger partial charge in [0.15, 0.2) is 11.5 Å². The Hall–Kier alpha value is -5.27. The minimum atomic E-state index is -0.402. The molecule has 5 aromatic heterocycles. The van der Waals surface area contributed by atoms with E-state index in [0.29, 0.717) is 64.3 Å². The number of nitrogens with one attached hydrogen (secondary N) is 4. The normalized spacial score (nSPS) is 15.7. The quantitative estimate of drug-likeness (QED) is 0.148. The van der Waals surface area contributed by atoms with Crippen molar-refractivity contribution in [1.82, 2.24) is 45.3 Å². The molecule has 0 atom stereocenters. The minimum absolute atomic E-state index is 0.00481. The van der Waals surface area contributed by atoms with Crippen molar-refractivity contribution in [2.75, 3.05) is 44.6 Å². The maximum absolute atomic E-state index is 14.8. The summed E-state index contributed by atoms with van der Waals surface area (Å²) < 4.78 is 20.8. The Kier molecular flexibility index (Phi) is 8.67. The van der Waals surface area contributed by atoms with E-state index >= 15 is 0 Å². The predicted octanol–water partition coefficient (Wildman–Crippen LogP) is 5.57. The van der Waals surface area contributed by atoms with Crippen LogP contribution in [0.4, 0.5) is 10.1 Å². The number of hydrogen-bond acceptors (Lipinski definition) is 9. The fourth-order valence-corrected chi connectivity index (χ4v) is 6.81. The number of ether oxygens (including phenoxy) is 1. The summed E-state index contributed by atoms with van der Waals surface area (Å²) in [5.74, 6) is 0.989. The second-order valence-corrected chi connectivity index (χ2v) is 12.8. The summed E-state index contributed by atoms with van der Waals surface area (Å²) in [5, 5.41) is 14.6. The van der Waals surface area contributed by atoms with Gasteiger partial charge < -0.3 is 20.4 Å². The third-order valence-electron chi connectivity index (χ3n) is 9.36. The number of carbonyl (C=O) groups is 1. The van der Waals surface area contributed by atoms with Gasteiger partial charge in [0.05, 0.1) is 28.5 Å². The Morgan fingerprint density at radius 1 is 1.00 bits per heavy atom. The molecule has 2 saturated heterocycles. The lowest BCUT2D eigenvalue weighted by atomic mass is 9.94. The average molecular weight is 661 g/mol. The van der Waals surface area contributed by atoms with Crippen molar-refractivity contribution in [1.29, 1.82) is 0 Å². The molecular weight excluding hydrogens is 623 g/mol. The molecule has 1 amide bonds. The van der Waals surface area contributed by atoms with Gasteiger partial charge >= 0.3 is 0 Å². The number of benzene rings is 1. The lowest BCUT2D eigenvalue weighted by Crippen LogP contribution is -2.30. The molecule has 7 heterocycles. The molecule has 13 heteroatoms. The number of likely N-dealkylation sites (tertiary alicyclic amines) is 1. The molecule has 0 saturated carbocycles. The number of halogens is 1. The highest BCUT2D eigenvalue weighted by Gasteiger charge is 2.20. The first kappa shape index (κ1) is 31.0. The number of imidazole rings is 1. The third-order valence-corrected chi connectivity index (χ3v) is 9.36. The number of aromatic amines is 2. The number of aromatic nitrogens is 7. The van der Waals surface area contributed by atoms with E-state index in [0.717, 1.165) is 67.6 Å². The second-order valence-electron chi connectivity index (χ2n) is 12.8. The van der Waals surface area contributed by atoms with Crippen LogP contribution in [0.3, 0.4) is 0 Å². The number of H-pyrrole nitrogens is 2. The van der Waals surface area contributed by atoms with Crippen LogP contribution < -0.4 is 15.4 Å². The number of hydrogen-bond donors (Lipinski definition) is 4. The summed E-state index contributed by atoms with van der Waals surface area (Å²) in [5.41, 5.74) is 5.88. The van der Waals surface area contributed by atoms with E-state index < -0.39 is 5.82 Å². The largest absolute Gasteiger partial charge is 0.492 e. The van der Waals surface area contributed by atoms with Crippen LogP contribution in [0.25, 0.3) is 56.0 Å². The van der Waals surface area contributed by atoms with Crippen molar-refractivity contribution >= 4 is 33.7 Å². The number of carbonyl (C=O) groups excluding carboxylic acids is 1. The molecule has 8 rings (SSSR count). The molecule has 0 aliphatic carbocycles. The first-order valence-electron chi connectivity index (χ1n) is 16.9. The van der Waals surface area contributed by atoms with Crippen molar-refractivity contribution in [3.63, 3.8) is 0 Å². The summed E-state index contributed by atoms with van der Waals surface area (Å²) in [7, 11) is 0. The van der Waals surface area contributed by atoms with Gasteiger partial charge in [-0.2, -0.15) is 5.10 Å². The maximum atomic E-state index is 14.8. The number of nitrogens with zero attached hydrogens (tertiary/aromatic N) is 6. The number of anilines is 1. The van der Waals surface area contributed by atoms with Crippen molar-refractivity contribution in [2.45, 2.75) is 32.1 Å². The van der Waals surface area contributed by atoms with Gasteiger partial charge in [-0.1, -0.05) is 0 Å². The molecule has 4 N–H and O–H groups in total. The Morgan fingerprint density at radius 2 is 1.86 bits per heavy atom. The monoisotopic (exact) mass is 660 g/mol. The topological polar surface area (TPSA) is 150 Å². The summed E-state index contributed by atoms with van der Waals surface area (Å²) in [6.07, 6.45) is 11.7. The Labute approximate surface area is 281 Å².